The van der Waals surface area contributed by atoms with Crippen molar-refractivity contribution >= 4 is 5.91 Å². The van der Waals surface area contributed by atoms with Crippen molar-refractivity contribution in [1.82, 2.24) is 9.88 Å². The molecule has 0 aliphatic heterocycles. The lowest BCUT2D eigenvalue weighted by Crippen LogP contribution is -2.26. The fraction of sp³-hybridized carbons (Fsp3) is 0.100. The molecule has 118 valence electrons. The monoisotopic (exact) mass is 315 g/mol. The third kappa shape index (κ3) is 3.36. The van der Waals surface area contributed by atoms with Crippen LogP contribution in [0.3, 0.4) is 0 Å². The Balaban J connectivity index is 1.68. The summed E-state index contributed by atoms with van der Waals surface area (Å²) in [6, 6.07) is 20.6. The number of nitriles is 1. The SMILES string of the molecule is CC(NC(=O)c1ccc(-n2cccc2)cc1)c1ccc(C#N)cc1. The second kappa shape index (κ2) is 6.84. The van der Waals surface area contributed by atoms with Gasteiger partial charge in [-0.25, -0.2) is 0 Å². The highest BCUT2D eigenvalue weighted by Crippen LogP contribution is 2.15. The Labute approximate surface area is 141 Å². The van der Waals surface area contributed by atoms with E-state index >= 15 is 0 Å². The van der Waals surface area contributed by atoms with Gasteiger partial charge in [-0.2, -0.15) is 5.26 Å². The lowest BCUT2D eigenvalue weighted by molar-refractivity contribution is 0.0940. The van der Waals surface area contributed by atoms with Gasteiger partial charge in [-0.05, 0) is 61.0 Å². The molecule has 1 N–H and O–H groups in total. The van der Waals surface area contributed by atoms with Crippen molar-refractivity contribution in [1.29, 1.82) is 5.26 Å². The van der Waals surface area contributed by atoms with E-state index in [4.69, 9.17) is 5.26 Å². The molecule has 0 saturated carbocycles. The minimum absolute atomic E-state index is 0.120. The molecule has 0 aliphatic carbocycles. The maximum absolute atomic E-state index is 12.4. The summed E-state index contributed by atoms with van der Waals surface area (Å²) in [6.45, 7) is 1.92. The Morgan fingerprint density at radius 1 is 1.04 bits per heavy atom. The van der Waals surface area contributed by atoms with Gasteiger partial charge in [0.1, 0.15) is 0 Å². The highest BCUT2D eigenvalue weighted by atomic mass is 16.1. The summed E-state index contributed by atoms with van der Waals surface area (Å²) in [7, 11) is 0. The van der Waals surface area contributed by atoms with Crippen LogP contribution in [0.4, 0.5) is 0 Å². The van der Waals surface area contributed by atoms with Crippen molar-refractivity contribution in [3.8, 4) is 11.8 Å². The molecule has 0 saturated heterocycles. The van der Waals surface area contributed by atoms with Crippen LogP contribution >= 0.6 is 0 Å². The first kappa shape index (κ1) is 15.6. The summed E-state index contributed by atoms with van der Waals surface area (Å²) in [4.78, 5) is 12.4. The first-order valence-corrected chi connectivity index (χ1v) is 7.72. The normalized spacial score (nSPS) is 11.5. The highest BCUT2D eigenvalue weighted by Gasteiger charge is 2.11. The lowest BCUT2D eigenvalue weighted by atomic mass is 10.1. The molecule has 0 aliphatic rings. The van der Waals surface area contributed by atoms with Gasteiger partial charge in [0.2, 0.25) is 0 Å². The number of benzene rings is 2. The van der Waals surface area contributed by atoms with Gasteiger partial charge in [0.05, 0.1) is 17.7 Å². The number of amides is 1. The minimum Gasteiger partial charge on any atom is -0.346 e. The zero-order valence-corrected chi connectivity index (χ0v) is 13.3. The lowest BCUT2D eigenvalue weighted by Gasteiger charge is -2.14. The summed E-state index contributed by atoms with van der Waals surface area (Å²) >= 11 is 0. The Morgan fingerprint density at radius 2 is 1.67 bits per heavy atom. The smallest absolute Gasteiger partial charge is 0.251 e. The molecule has 4 nitrogen and oxygen atoms in total. The van der Waals surface area contributed by atoms with Gasteiger partial charge in [-0.3, -0.25) is 4.79 Å². The molecule has 1 aromatic heterocycles. The van der Waals surface area contributed by atoms with Crippen LogP contribution in [0.2, 0.25) is 0 Å². The number of carbonyl (C=O) groups excluding carboxylic acids is 1. The average Bonchev–Trinajstić information content (AvgIpc) is 3.16. The van der Waals surface area contributed by atoms with Gasteiger partial charge in [0, 0.05) is 23.6 Å². The molecule has 3 rings (SSSR count). The molecule has 4 heteroatoms. The maximum Gasteiger partial charge on any atom is 0.251 e. The standard InChI is InChI=1S/C20H17N3O/c1-15(17-6-4-16(14-21)5-7-17)22-20(24)18-8-10-19(11-9-18)23-12-2-3-13-23/h2-13,15H,1H3,(H,22,24). The Kier molecular flexibility index (Phi) is 4.44. The van der Waals surface area contributed by atoms with Gasteiger partial charge < -0.3 is 9.88 Å². The van der Waals surface area contributed by atoms with Crippen LogP contribution in [-0.2, 0) is 0 Å². The van der Waals surface area contributed by atoms with Gasteiger partial charge in [0.25, 0.3) is 5.91 Å². The number of hydrogen-bond donors (Lipinski definition) is 1. The van der Waals surface area contributed by atoms with Crippen LogP contribution in [0.1, 0.15) is 34.5 Å². The summed E-state index contributed by atoms with van der Waals surface area (Å²) < 4.78 is 1.99. The number of nitrogens with one attached hydrogen (secondary N) is 1. The average molecular weight is 315 g/mol. The Morgan fingerprint density at radius 3 is 2.25 bits per heavy atom. The fourth-order valence-electron chi connectivity index (χ4n) is 2.50. The van der Waals surface area contributed by atoms with E-state index in [1.165, 1.54) is 0 Å². The van der Waals surface area contributed by atoms with E-state index in [1.54, 1.807) is 12.1 Å². The summed E-state index contributed by atoms with van der Waals surface area (Å²) in [5.74, 6) is -0.120. The molecule has 1 atom stereocenters. The Bertz CT molecular complexity index is 857. The Hall–Kier alpha value is -3.32. The zero-order valence-electron chi connectivity index (χ0n) is 13.3. The van der Waals surface area contributed by atoms with Crippen molar-refractivity contribution < 1.29 is 4.79 Å². The van der Waals surface area contributed by atoms with Crippen LogP contribution in [0.15, 0.2) is 73.1 Å². The fourth-order valence-corrected chi connectivity index (χ4v) is 2.50. The molecule has 0 radical (unpaired) electrons. The van der Waals surface area contributed by atoms with E-state index < -0.39 is 0 Å². The van der Waals surface area contributed by atoms with Crippen LogP contribution in [0, 0.1) is 11.3 Å². The molecule has 3 aromatic rings. The first-order valence-electron chi connectivity index (χ1n) is 7.72. The molecule has 2 aromatic carbocycles. The molecule has 1 amide bonds. The number of nitrogens with zero attached hydrogens (tertiary/aromatic N) is 2. The summed E-state index contributed by atoms with van der Waals surface area (Å²) in [6.07, 6.45) is 3.92. The molecule has 0 fully saturated rings. The van der Waals surface area contributed by atoms with Gasteiger partial charge in [0.15, 0.2) is 0 Å². The predicted molar refractivity (Wildman–Crippen MR) is 92.8 cm³/mol. The number of carbonyl (C=O) groups is 1. The van der Waals surface area contributed by atoms with Crippen LogP contribution in [0.25, 0.3) is 5.69 Å². The quantitative estimate of drug-likeness (QED) is 0.795. The topological polar surface area (TPSA) is 57.8 Å². The largest absolute Gasteiger partial charge is 0.346 e. The summed E-state index contributed by atoms with van der Waals surface area (Å²) in [5.41, 5.74) is 3.20. The van der Waals surface area contributed by atoms with Crippen LogP contribution in [-0.4, -0.2) is 10.5 Å². The second-order valence-electron chi connectivity index (χ2n) is 5.57. The van der Waals surface area contributed by atoms with E-state index in [-0.39, 0.29) is 11.9 Å². The summed E-state index contributed by atoms with van der Waals surface area (Å²) in [5, 5.41) is 11.8. The van der Waals surface area contributed by atoms with E-state index in [1.807, 2.05) is 72.4 Å². The molecular formula is C20H17N3O. The van der Waals surface area contributed by atoms with E-state index in [0.717, 1.165) is 11.3 Å². The molecule has 0 bridgehead atoms. The van der Waals surface area contributed by atoms with Crippen molar-refractivity contribution in [3.05, 3.63) is 89.7 Å². The van der Waals surface area contributed by atoms with Crippen LogP contribution in [0.5, 0.6) is 0 Å². The second-order valence-corrected chi connectivity index (χ2v) is 5.57. The predicted octanol–water partition coefficient (Wildman–Crippen LogP) is 3.84. The van der Waals surface area contributed by atoms with Gasteiger partial charge in [-0.15, -0.1) is 0 Å². The number of rotatable bonds is 4. The molecule has 1 unspecified atom stereocenters. The van der Waals surface area contributed by atoms with Crippen molar-refractivity contribution in [2.45, 2.75) is 13.0 Å². The van der Waals surface area contributed by atoms with Crippen molar-refractivity contribution in [3.63, 3.8) is 0 Å². The van der Waals surface area contributed by atoms with E-state index in [2.05, 4.69) is 11.4 Å². The van der Waals surface area contributed by atoms with Gasteiger partial charge in [-0.1, -0.05) is 12.1 Å². The molecule has 0 spiro atoms. The van der Waals surface area contributed by atoms with E-state index in [9.17, 15) is 4.79 Å². The van der Waals surface area contributed by atoms with Crippen LogP contribution < -0.4 is 5.32 Å². The van der Waals surface area contributed by atoms with Gasteiger partial charge >= 0.3 is 0 Å². The minimum atomic E-state index is -0.130. The van der Waals surface area contributed by atoms with E-state index in [0.29, 0.717) is 11.1 Å². The molecular weight excluding hydrogens is 298 g/mol. The zero-order chi connectivity index (χ0) is 16.9. The molecule has 24 heavy (non-hydrogen) atoms. The third-order valence-electron chi connectivity index (χ3n) is 3.92. The number of hydrogen-bond acceptors (Lipinski definition) is 2. The first-order chi connectivity index (χ1) is 11.7. The third-order valence-corrected chi connectivity index (χ3v) is 3.92. The molecule has 1 heterocycles. The highest BCUT2D eigenvalue weighted by molar-refractivity contribution is 5.94. The number of aromatic nitrogens is 1. The maximum atomic E-state index is 12.4. The van der Waals surface area contributed by atoms with Crippen molar-refractivity contribution in [2.24, 2.45) is 0 Å². The van der Waals surface area contributed by atoms with Crippen molar-refractivity contribution in [2.75, 3.05) is 0 Å².